The van der Waals surface area contributed by atoms with Crippen LogP contribution < -0.4 is 10.1 Å². The van der Waals surface area contributed by atoms with E-state index in [-0.39, 0.29) is 18.7 Å². The molecule has 0 aliphatic heterocycles. The van der Waals surface area contributed by atoms with E-state index in [1.165, 1.54) is 18.2 Å². The number of aromatic amines is 1. The summed E-state index contributed by atoms with van der Waals surface area (Å²) < 4.78 is 79.8. The van der Waals surface area contributed by atoms with Crippen LogP contribution in [0, 0.1) is 17.0 Å². The maximum Gasteiger partial charge on any atom is 0.573 e. The first kappa shape index (κ1) is 22.2. The van der Waals surface area contributed by atoms with Crippen LogP contribution in [-0.4, -0.2) is 22.8 Å². The van der Waals surface area contributed by atoms with Gasteiger partial charge in [0.2, 0.25) is 0 Å². The second-order valence-electron chi connectivity index (χ2n) is 6.65. The summed E-state index contributed by atoms with van der Waals surface area (Å²) >= 11 is 0. The molecule has 166 valence electrons. The highest BCUT2D eigenvalue weighted by molar-refractivity contribution is 5.86. The molecule has 31 heavy (non-hydrogen) atoms. The zero-order chi connectivity index (χ0) is 23.0. The number of nitrogens with one attached hydrogen (secondary N) is 2. The highest BCUT2D eigenvalue weighted by Crippen LogP contribution is 2.35. The molecule has 0 bridgehead atoms. The van der Waals surface area contributed by atoms with Gasteiger partial charge in [0, 0.05) is 29.2 Å². The summed E-state index contributed by atoms with van der Waals surface area (Å²) in [5.74, 6) is -0.397. The number of aromatic nitrogens is 1. The molecule has 0 fully saturated rings. The Labute approximate surface area is 171 Å². The Morgan fingerprint density at radius 2 is 1.81 bits per heavy atom. The monoisotopic (exact) mass is 447 g/mol. The summed E-state index contributed by atoms with van der Waals surface area (Å²) in [4.78, 5) is 13.3. The van der Waals surface area contributed by atoms with Crippen LogP contribution in [0.25, 0.3) is 10.9 Å². The van der Waals surface area contributed by atoms with Crippen LogP contribution in [0.4, 0.5) is 37.7 Å². The fraction of sp³-hybridized carbons (Fsp3) is 0.263. The minimum atomic E-state index is -4.84. The molecule has 0 aliphatic rings. The maximum absolute atomic E-state index is 12.8. The van der Waals surface area contributed by atoms with E-state index in [2.05, 4.69) is 15.0 Å². The molecule has 12 heteroatoms. The number of hydrogen-bond donors (Lipinski definition) is 2. The summed E-state index contributed by atoms with van der Waals surface area (Å²) in [6.45, 7) is 1.80. The molecular formula is C19H15F6N3O3. The van der Waals surface area contributed by atoms with Crippen molar-refractivity contribution in [2.75, 3.05) is 11.9 Å². The smallest absolute Gasteiger partial charge is 0.406 e. The fourth-order valence-corrected chi connectivity index (χ4v) is 3.21. The van der Waals surface area contributed by atoms with Gasteiger partial charge in [0.15, 0.2) is 0 Å². The predicted octanol–water partition coefficient (Wildman–Crippen LogP) is 5.96. The molecule has 0 radical (unpaired) electrons. The van der Waals surface area contributed by atoms with Gasteiger partial charge in [0.25, 0.3) is 5.69 Å². The number of anilines is 1. The molecular weight excluding hydrogens is 432 g/mol. The summed E-state index contributed by atoms with van der Waals surface area (Å²) in [5.41, 5.74) is -0.0903. The molecule has 3 aromatic rings. The van der Waals surface area contributed by atoms with Crippen molar-refractivity contribution in [1.29, 1.82) is 0 Å². The third kappa shape index (κ3) is 5.19. The molecule has 3 rings (SSSR count). The number of benzene rings is 2. The standard InChI is InChI=1S/C19H15F6N3O3/c1-10-13(14-9-12(31-19(23,24)25)3-5-15(14)27-10)6-7-26-16-4-2-11(18(20,21)22)8-17(16)28(29)30/h2-5,8-9,26-27H,6-7H2,1H3. The summed E-state index contributed by atoms with van der Waals surface area (Å²) in [6.07, 6.45) is -9.33. The second-order valence-corrected chi connectivity index (χ2v) is 6.65. The SMILES string of the molecule is Cc1[nH]c2ccc(OC(F)(F)F)cc2c1CCNc1ccc(C(F)(F)F)cc1[N+](=O)[O-]. The Balaban J connectivity index is 1.81. The van der Waals surface area contributed by atoms with Gasteiger partial charge < -0.3 is 15.0 Å². The lowest BCUT2D eigenvalue weighted by Crippen LogP contribution is -2.17. The normalized spacial score (nSPS) is 12.2. The molecule has 0 atom stereocenters. The van der Waals surface area contributed by atoms with Crippen LogP contribution in [0.15, 0.2) is 36.4 Å². The molecule has 0 spiro atoms. The summed E-state index contributed by atoms with van der Waals surface area (Å²) in [5, 5.41) is 14.4. The molecule has 1 aromatic heterocycles. The fourth-order valence-electron chi connectivity index (χ4n) is 3.21. The Bertz CT molecular complexity index is 1120. The van der Waals surface area contributed by atoms with E-state index in [1.54, 1.807) is 6.92 Å². The van der Waals surface area contributed by atoms with Crippen molar-refractivity contribution < 1.29 is 36.0 Å². The first-order valence-corrected chi connectivity index (χ1v) is 8.81. The van der Waals surface area contributed by atoms with Crippen LogP contribution in [0.3, 0.4) is 0 Å². The van der Waals surface area contributed by atoms with Gasteiger partial charge in [-0.2, -0.15) is 13.2 Å². The molecule has 2 aromatic carbocycles. The first-order chi connectivity index (χ1) is 14.3. The van der Waals surface area contributed by atoms with Gasteiger partial charge in [0.05, 0.1) is 10.5 Å². The van der Waals surface area contributed by atoms with Gasteiger partial charge in [-0.15, -0.1) is 13.2 Å². The van der Waals surface area contributed by atoms with E-state index in [0.717, 1.165) is 12.1 Å². The van der Waals surface area contributed by atoms with Crippen LogP contribution in [0.2, 0.25) is 0 Å². The van der Waals surface area contributed by atoms with Crippen molar-refractivity contribution in [1.82, 2.24) is 4.98 Å². The molecule has 0 aliphatic carbocycles. The third-order valence-electron chi connectivity index (χ3n) is 4.54. The number of ether oxygens (including phenoxy) is 1. The van der Waals surface area contributed by atoms with E-state index < -0.39 is 34.5 Å². The topological polar surface area (TPSA) is 80.2 Å². The van der Waals surface area contributed by atoms with Gasteiger partial charge in [0.1, 0.15) is 11.4 Å². The van der Waals surface area contributed by atoms with Crippen molar-refractivity contribution in [3.63, 3.8) is 0 Å². The zero-order valence-corrected chi connectivity index (χ0v) is 15.8. The summed E-state index contributed by atoms with van der Waals surface area (Å²) in [7, 11) is 0. The Hall–Kier alpha value is -3.44. The van der Waals surface area contributed by atoms with E-state index in [0.29, 0.717) is 28.2 Å². The average molecular weight is 447 g/mol. The number of alkyl halides is 6. The Kier molecular flexibility index (Phi) is 5.74. The minimum absolute atomic E-state index is 0.0877. The highest BCUT2D eigenvalue weighted by atomic mass is 19.4. The minimum Gasteiger partial charge on any atom is -0.406 e. The Morgan fingerprint density at radius 1 is 1.10 bits per heavy atom. The first-order valence-electron chi connectivity index (χ1n) is 8.81. The molecule has 0 saturated carbocycles. The number of rotatable bonds is 6. The van der Waals surface area contributed by atoms with Crippen molar-refractivity contribution in [3.8, 4) is 5.75 Å². The number of hydrogen-bond acceptors (Lipinski definition) is 4. The lowest BCUT2D eigenvalue weighted by Gasteiger charge is -2.11. The number of nitro groups is 1. The van der Waals surface area contributed by atoms with Gasteiger partial charge >= 0.3 is 12.5 Å². The quantitative estimate of drug-likeness (QED) is 0.278. The third-order valence-corrected chi connectivity index (χ3v) is 4.54. The van der Waals surface area contributed by atoms with Crippen molar-refractivity contribution in [2.24, 2.45) is 0 Å². The van der Waals surface area contributed by atoms with Gasteiger partial charge in [-0.05, 0) is 49.2 Å². The van der Waals surface area contributed by atoms with Crippen molar-refractivity contribution in [3.05, 3.63) is 63.3 Å². The van der Waals surface area contributed by atoms with E-state index in [4.69, 9.17) is 0 Å². The van der Waals surface area contributed by atoms with E-state index in [1.807, 2.05) is 0 Å². The van der Waals surface area contributed by atoms with Gasteiger partial charge in [-0.1, -0.05) is 0 Å². The lowest BCUT2D eigenvalue weighted by molar-refractivity contribution is -0.384. The van der Waals surface area contributed by atoms with Crippen molar-refractivity contribution >= 4 is 22.3 Å². The van der Waals surface area contributed by atoms with Gasteiger partial charge in [-0.25, -0.2) is 0 Å². The van der Waals surface area contributed by atoms with Crippen LogP contribution in [-0.2, 0) is 12.6 Å². The predicted molar refractivity (Wildman–Crippen MR) is 100 cm³/mol. The molecule has 2 N–H and O–H groups in total. The van der Waals surface area contributed by atoms with Crippen LogP contribution in [0.5, 0.6) is 5.75 Å². The molecule has 6 nitrogen and oxygen atoms in total. The van der Waals surface area contributed by atoms with Crippen molar-refractivity contribution in [2.45, 2.75) is 25.9 Å². The molecule has 1 heterocycles. The lowest BCUT2D eigenvalue weighted by atomic mass is 10.1. The highest BCUT2D eigenvalue weighted by Gasteiger charge is 2.33. The van der Waals surface area contributed by atoms with Crippen LogP contribution >= 0.6 is 0 Å². The number of halogens is 6. The van der Waals surface area contributed by atoms with E-state index in [9.17, 15) is 36.5 Å². The number of H-pyrrole nitrogens is 1. The summed E-state index contributed by atoms with van der Waals surface area (Å²) in [6, 6.07) is 5.97. The zero-order valence-electron chi connectivity index (χ0n) is 15.8. The van der Waals surface area contributed by atoms with Crippen LogP contribution in [0.1, 0.15) is 16.8 Å². The molecule has 0 saturated heterocycles. The number of nitro benzene ring substituents is 1. The largest absolute Gasteiger partial charge is 0.573 e. The van der Waals surface area contributed by atoms with E-state index >= 15 is 0 Å². The maximum atomic E-state index is 12.8. The second kappa shape index (κ2) is 8.00. The average Bonchev–Trinajstić information content (AvgIpc) is 2.94. The van der Waals surface area contributed by atoms with Gasteiger partial charge in [-0.3, -0.25) is 10.1 Å². The molecule has 0 amide bonds. The number of nitrogens with zero attached hydrogens (tertiary/aromatic N) is 1. The number of aryl methyl sites for hydroxylation is 1. The number of fused-ring (bicyclic) bond motifs is 1. The molecule has 0 unspecified atom stereocenters. The Morgan fingerprint density at radius 3 is 2.42 bits per heavy atom.